The van der Waals surface area contributed by atoms with Gasteiger partial charge in [0.1, 0.15) is 0 Å². The highest BCUT2D eigenvalue weighted by atomic mass is 35.5. The average Bonchev–Trinajstić information content (AvgIpc) is 2.54. The normalized spacial score (nSPS) is 11.8. The van der Waals surface area contributed by atoms with Crippen LogP contribution in [0.25, 0.3) is 0 Å². The number of hydrogen-bond acceptors (Lipinski definition) is 3. The van der Waals surface area contributed by atoms with Gasteiger partial charge in [0.25, 0.3) is 0 Å². The zero-order valence-corrected chi connectivity index (χ0v) is 13.8. The number of nitriles is 1. The minimum absolute atomic E-state index is 0.0979. The molecule has 1 atom stereocenters. The van der Waals surface area contributed by atoms with E-state index in [1.54, 1.807) is 24.3 Å². The Morgan fingerprint density at radius 2 is 2.00 bits per heavy atom. The van der Waals surface area contributed by atoms with Gasteiger partial charge in [-0.15, -0.1) is 0 Å². The second-order valence-electron chi connectivity index (χ2n) is 5.40. The van der Waals surface area contributed by atoms with Crippen LogP contribution in [0.1, 0.15) is 18.1 Å². The molecule has 23 heavy (non-hydrogen) atoms. The van der Waals surface area contributed by atoms with Gasteiger partial charge in [0.05, 0.1) is 17.7 Å². The minimum Gasteiger partial charge on any atom is -0.325 e. The van der Waals surface area contributed by atoms with Crippen molar-refractivity contribution in [1.82, 2.24) is 4.90 Å². The van der Waals surface area contributed by atoms with Gasteiger partial charge in [-0.1, -0.05) is 23.7 Å². The molecule has 0 aromatic heterocycles. The summed E-state index contributed by atoms with van der Waals surface area (Å²) in [7, 11) is 1.89. The first-order chi connectivity index (χ1) is 11.0. The number of nitrogens with zero attached hydrogens (tertiary/aromatic N) is 2. The topological polar surface area (TPSA) is 56.1 Å². The smallest absolute Gasteiger partial charge is 0.241 e. The lowest BCUT2D eigenvalue weighted by Crippen LogP contribution is -2.39. The molecule has 2 aromatic carbocycles. The summed E-state index contributed by atoms with van der Waals surface area (Å²) in [6.45, 7) is 2.48. The highest BCUT2D eigenvalue weighted by Gasteiger charge is 2.18. The quantitative estimate of drug-likeness (QED) is 0.911. The maximum absolute atomic E-state index is 12.3. The van der Waals surface area contributed by atoms with Gasteiger partial charge in [-0.25, -0.2) is 0 Å². The number of anilines is 1. The van der Waals surface area contributed by atoms with E-state index in [1.165, 1.54) is 0 Å². The van der Waals surface area contributed by atoms with Crippen LogP contribution >= 0.6 is 11.6 Å². The van der Waals surface area contributed by atoms with E-state index in [0.29, 0.717) is 22.8 Å². The van der Waals surface area contributed by atoms with E-state index in [0.717, 1.165) is 5.56 Å². The Morgan fingerprint density at radius 1 is 1.30 bits per heavy atom. The first kappa shape index (κ1) is 17.0. The molecule has 0 saturated carbocycles. The zero-order chi connectivity index (χ0) is 16.8. The van der Waals surface area contributed by atoms with Gasteiger partial charge in [-0.05, 0) is 55.9 Å². The molecule has 0 radical (unpaired) electrons. The molecule has 0 unspecified atom stereocenters. The predicted octanol–water partition coefficient (Wildman–Crippen LogP) is 3.67. The summed E-state index contributed by atoms with van der Waals surface area (Å²) in [6, 6.07) is 16.1. The van der Waals surface area contributed by atoms with Crippen LogP contribution in [-0.4, -0.2) is 23.9 Å². The molecule has 0 fully saturated rings. The number of benzene rings is 2. The third kappa shape index (κ3) is 4.82. The van der Waals surface area contributed by atoms with Gasteiger partial charge in [-0.2, -0.15) is 5.26 Å². The summed E-state index contributed by atoms with van der Waals surface area (Å²) < 4.78 is 0. The number of likely N-dealkylation sites (N-methyl/N-ethyl adjacent to an activating group) is 1. The van der Waals surface area contributed by atoms with Crippen LogP contribution in [-0.2, 0) is 11.3 Å². The summed E-state index contributed by atoms with van der Waals surface area (Å²) in [5.74, 6) is -0.0979. The molecule has 0 aliphatic heterocycles. The van der Waals surface area contributed by atoms with Gasteiger partial charge >= 0.3 is 0 Å². The summed E-state index contributed by atoms with van der Waals surface area (Å²) in [6.07, 6.45) is 0. The largest absolute Gasteiger partial charge is 0.325 e. The van der Waals surface area contributed by atoms with E-state index in [2.05, 4.69) is 5.32 Å². The SMILES string of the molecule is C[C@@H](C(=O)Nc1ccc(C#N)cc1)N(C)Cc1cccc(Cl)c1. The third-order valence-corrected chi connectivity index (χ3v) is 3.88. The van der Waals surface area contributed by atoms with Gasteiger partial charge < -0.3 is 5.32 Å². The van der Waals surface area contributed by atoms with E-state index in [1.807, 2.05) is 49.2 Å². The van der Waals surface area contributed by atoms with Crippen LogP contribution in [0.2, 0.25) is 5.02 Å². The van der Waals surface area contributed by atoms with Crippen LogP contribution in [0.4, 0.5) is 5.69 Å². The molecule has 0 saturated heterocycles. The molecule has 1 N–H and O–H groups in total. The van der Waals surface area contributed by atoms with Crippen molar-refractivity contribution in [2.75, 3.05) is 12.4 Å². The fraction of sp³-hybridized carbons (Fsp3) is 0.222. The lowest BCUT2D eigenvalue weighted by Gasteiger charge is -2.24. The molecule has 4 nitrogen and oxygen atoms in total. The summed E-state index contributed by atoms with van der Waals surface area (Å²) in [5, 5.41) is 12.3. The Bertz CT molecular complexity index is 722. The fourth-order valence-electron chi connectivity index (χ4n) is 2.14. The minimum atomic E-state index is -0.301. The Hall–Kier alpha value is -2.35. The average molecular weight is 328 g/mol. The molecular weight excluding hydrogens is 310 g/mol. The van der Waals surface area contributed by atoms with Gasteiger partial charge in [-0.3, -0.25) is 9.69 Å². The van der Waals surface area contributed by atoms with E-state index >= 15 is 0 Å². The fourth-order valence-corrected chi connectivity index (χ4v) is 2.35. The molecule has 5 heteroatoms. The Kier molecular flexibility index (Phi) is 5.75. The first-order valence-electron chi connectivity index (χ1n) is 7.25. The third-order valence-electron chi connectivity index (χ3n) is 3.64. The molecule has 2 rings (SSSR count). The molecule has 0 heterocycles. The van der Waals surface area contributed by atoms with E-state index in [4.69, 9.17) is 16.9 Å². The Labute approximate surface area is 141 Å². The monoisotopic (exact) mass is 327 g/mol. The van der Waals surface area contributed by atoms with Gasteiger partial charge in [0.15, 0.2) is 0 Å². The van der Waals surface area contributed by atoms with Crippen molar-refractivity contribution >= 4 is 23.2 Å². The number of amides is 1. The van der Waals surface area contributed by atoms with Crippen LogP contribution in [0.3, 0.4) is 0 Å². The maximum atomic E-state index is 12.3. The summed E-state index contributed by atoms with van der Waals surface area (Å²) in [5.41, 5.74) is 2.30. The zero-order valence-electron chi connectivity index (χ0n) is 13.1. The molecular formula is C18H18ClN3O. The first-order valence-corrected chi connectivity index (χ1v) is 7.63. The lowest BCUT2D eigenvalue weighted by atomic mass is 10.1. The molecule has 0 spiro atoms. The number of carbonyl (C=O) groups excluding carboxylic acids is 1. The molecule has 118 valence electrons. The van der Waals surface area contributed by atoms with E-state index in [-0.39, 0.29) is 11.9 Å². The van der Waals surface area contributed by atoms with Crippen molar-refractivity contribution in [2.45, 2.75) is 19.5 Å². The molecule has 1 amide bonds. The van der Waals surface area contributed by atoms with Crippen LogP contribution in [0.5, 0.6) is 0 Å². The predicted molar refractivity (Wildman–Crippen MR) is 92.2 cm³/mol. The summed E-state index contributed by atoms with van der Waals surface area (Å²) in [4.78, 5) is 14.3. The second kappa shape index (κ2) is 7.77. The van der Waals surface area contributed by atoms with E-state index < -0.39 is 0 Å². The standard InChI is InChI=1S/C18H18ClN3O/c1-13(22(2)12-15-4-3-5-16(19)10-15)18(23)21-17-8-6-14(11-20)7-9-17/h3-10,13H,12H2,1-2H3,(H,21,23)/t13-/m0/s1. The van der Waals surface area contributed by atoms with Crippen molar-refractivity contribution in [3.8, 4) is 6.07 Å². The van der Waals surface area contributed by atoms with Crippen molar-refractivity contribution in [3.05, 3.63) is 64.7 Å². The highest BCUT2D eigenvalue weighted by molar-refractivity contribution is 6.30. The molecule has 2 aromatic rings. The Morgan fingerprint density at radius 3 is 2.61 bits per heavy atom. The highest BCUT2D eigenvalue weighted by Crippen LogP contribution is 2.14. The number of halogens is 1. The van der Waals surface area contributed by atoms with E-state index in [9.17, 15) is 4.79 Å². The van der Waals surface area contributed by atoms with Crippen LogP contribution < -0.4 is 5.32 Å². The molecule has 0 aliphatic rings. The number of carbonyl (C=O) groups is 1. The number of hydrogen-bond donors (Lipinski definition) is 1. The summed E-state index contributed by atoms with van der Waals surface area (Å²) >= 11 is 5.98. The van der Waals surface area contributed by atoms with Crippen LogP contribution in [0, 0.1) is 11.3 Å². The second-order valence-corrected chi connectivity index (χ2v) is 5.84. The lowest BCUT2D eigenvalue weighted by molar-refractivity contribution is -0.120. The van der Waals surface area contributed by atoms with Gasteiger partial charge in [0, 0.05) is 17.3 Å². The van der Waals surface area contributed by atoms with Crippen molar-refractivity contribution in [2.24, 2.45) is 0 Å². The van der Waals surface area contributed by atoms with Crippen molar-refractivity contribution in [1.29, 1.82) is 5.26 Å². The maximum Gasteiger partial charge on any atom is 0.241 e. The van der Waals surface area contributed by atoms with Crippen molar-refractivity contribution in [3.63, 3.8) is 0 Å². The van der Waals surface area contributed by atoms with Crippen LogP contribution in [0.15, 0.2) is 48.5 Å². The Balaban J connectivity index is 1.96. The molecule has 0 aliphatic carbocycles. The number of nitrogens with one attached hydrogen (secondary N) is 1. The number of rotatable bonds is 5. The van der Waals surface area contributed by atoms with Gasteiger partial charge in [0.2, 0.25) is 5.91 Å². The molecule has 0 bridgehead atoms. The van der Waals surface area contributed by atoms with Crippen molar-refractivity contribution < 1.29 is 4.79 Å².